The normalized spacial score (nSPS) is 11.9. The van der Waals surface area contributed by atoms with Gasteiger partial charge in [0.25, 0.3) is 0 Å². The number of fused-ring (bicyclic) bond motifs is 11. The van der Waals surface area contributed by atoms with Crippen molar-refractivity contribution in [1.82, 2.24) is 4.57 Å². The Bertz CT molecular complexity index is 3860. The molecule has 0 radical (unpaired) electrons. The Hall–Kier alpha value is -8.34. The molecule has 0 aliphatic carbocycles. The predicted molar refractivity (Wildman–Crippen MR) is 258 cm³/mol. The summed E-state index contributed by atoms with van der Waals surface area (Å²) in [6.45, 7) is 0. The van der Waals surface area contributed by atoms with Gasteiger partial charge in [0.2, 0.25) is 0 Å². The number of hydrogen-bond acceptors (Lipinski definition) is 3. The van der Waals surface area contributed by atoms with Crippen LogP contribution in [-0.2, 0) is 0 Å². The smallest absolute Gasteiger partial charge is 0.159 e. The molecule has 4 heteroatoms. The number of anilines is 3. The van der Waals surface area contributed by atoms with Crippen LogP contribution in [0.3, 0.4) is 0 Å². The van der Waals surface area contributed by atoms with E-state index in [4.69, 9.17) is 8.83 Å². The molecule has 0 atom stereocenters. The largest absolute Gasteiger partial charge is 0.456 e. The van der Waals surface area contributed by atoms with E-state index in [0.717, 1.165) is 121 Å². The molecule has 0 fully saturated rings. The molecule has 13 rings (SSSR count). The van der Waals surface area contributed by atoms with Gasteiger partial charge in [0.1, 0.15) is 16.7 Å². The lowest BCUT2D eigenvalue weighted by Crippen LogP contribution is -2.10. The molecule has 0 N–H and O–H groups in total. The Morgan fingerprint density at radius 3 is 1.87 bits per heavy atom. The highest BCUT2D eigenvalue weighted by molar-refractivity contribution is 6.23. The van der Waals surface area contributed by atoms with E-state index in [-0.39, 0.29) is 0 Å². The zero-order valence-electron chi connectivity index (χ0n) is 33.5. The number of furan rings is 2. The molecule has 4 nitrogen and oxygen atoms in total. The minimum atomic E-state index is 0.828. The topological polar surface area (TPSA) is 34.5 Å². The van der Waals surface area contributed by atoms with Crippen LogP contribution in [0.1, 0.15) is 0 Å². The predicted octanol–water partition coefficient (Wildman–Crippen LogP) is 16.5. The van der Waals surface area contributed by atoms with E-state index in [9.17, 15) is 0 Å². The number of nitrogens with zero attached hydrogens (tertiary/aromatic N) is 2. The Morgan fingerprint density at radius 2 is 1.03 bits per heavy atom. The van der Waals surface area contributed by atoms with Crippen molar-refractivity contribution in [3.63, 3.8) is 0 Å². The quantitative estimate of drug-likeness (QED) is 0.168. The first-order valence-electron chi connectivity index (χ1n) is 21.1. The molecule has 3 aromatic heterocycles. The number of benzene rings is 10. The first-order valence-corrected chi connectivity index (χ1v) is 21.1. The second-order valence-corrected chi connectivity index (χ2v) is 16.0. The maximum absolute atomic E-state index is 7.13. The van der Waals surface area contributed by atoms with Gasteiger partial charge in [-0.15, -0.1) is 0 Å². The highest BCUT2D eigenvalue weighted by Crippen LogP contribution is 2.50. The van der Waals surface area contributed by atoms with Crippen molar-refractivity contribution in [3.05, 3.63) is 218 Å². The number of hydrogen-bond donors (Lipinski definition) is 0. The highest BCUT2D eigenvalue weighted by atomic mass is 16.3. The van der Waals surface area contributed by atoms with E-state index >= 15 is 0 Å². The van der Waals surface area contributed by atoms with Gasteiger partial charge >= 0.3 is 0 Å². The number of rotatable bonds is 6. The van der Waals surface area contributed by atoms with Crippen molar-refractivity contribution in [2.24, 2.45) is 0 Å². The molecule has 0 bridgehead atoms. The van der Waals surface area contributed by atoms with Crippen LogP contribution in [-0.4, -0.2) is 4.57 Å². The van der Waals surface area contributed by atoms with Crippen LogP contribution in [0.15, 0.2) is 227 Å². The minimum Gasteiger partial charge on any atom is -0.456 e. The van der Waals surface area contributed by atoms with Crippen LogP contribution in [0.4, 0.5) is 17.1 Å². The summed E-state index contributed by atoms with van der Waals surface area (Å²) in [6.07, 6.45) is 0. The van der Waals surface area contributed by atoms with Gasteiger partial charge in [-0.2, -0.15) is 0 Å². The van der Waals surface area contributed by atoms with Crippen LogP contribution in [0, 0.1) is 0 Å². The zero-order valence-corrected chi connectivity index (χ0v) is 33.5. The van der Waals surface area contributed by atoms with Gasteiger partial charge in [0.15, 0.2) is 5.58 Å². The standard InChI is InChI=1S/C58H36N2O2/c1-4-16-37(17-5-1)40-34-47(38-18-6-2-7-19-38)56-49(35-40)55-50(26-15-27-51(55)60(56)41-21-8-3-9-22-41)59(42-31-33-54-48(36-42)44-24-12-13-29-53(44)61-54)52-28-14-25-45-46-32-30-39-20-10-11-23-43(39)57(46)62-58(45)52/h1-36H. The van der Waals surface area contributed by atoms with Gasteiger partial charge in [0.05, 0.1) is 22.4 Å². The summed E-state index contributed by atoms with van der Waals surface area (Å²) in [7, 11) is 0. The van der Waals surface area contributed by atoms with E-state index in [1.807, 2.05) is 12.1 Å². The van der Waals surface area contributed by atoms with Gasteiger partial charge in [0, 0.05) is 54.6 Å². The fourth-order valence-corrected chi connectivity index (χ4v) is 9.79. The fraction of sp³-hybridized carbons (Fsp3) is 0. The van der Waals surface area contributed by atoms with Crippen LogP contribution < -0.4 is 4.90 Å². The molecule has 13 aromatic rings. The summed E-state index contributed by atoms with van der Waals surface area (Å²) >= 11 is 0. The maximum atomic E-state index is 7.13. The third-order valence-corrected chi connectivity index (χ3v) is 12.5. The van der Waals surface area contributed by atoms with E-state index in [1.165, 1.54) is 0 Å². The van der Waals surface area contributed by atoms with Crippen LogP contribution >= 0.6 is 0 Å². The van der Waals surface area contributed by atoms with Gasteiger partial charge in [-0.05, 0) is 94.9 Å². The van der Waals surface area contributed by atoms with Crippen molar-refractivity contribution in [2.75, 3.05) is 4.90 Å². The van der Waals surface area contributed by atoms with Crippen molar-refractivity contribution in [2.45, 2.75) is 0 Å². The SMILES string of the molecule is c1ccc(-c2cc(-c3ccccc3)c3c(c2)c2c(N(c4ccc5oc6ccccc6c5c4)c4cccc5c4oc4c6ccccc6ccc54)cccc2n3-c2ccccc2)cc1. The summed E-state index contributed by atoms with van der Waals surface area (Å²) < 4.78 is 16.0. The molecule has 0 saturated heterocycles. The molecule has 62 heavy (non-hydrogen) atoms. The second kappa shape index (κ2) is 13.6. The summed E-state index contributed by atoms with van der Waals surface area (Å²) in [6, 6.07) is 78.0. The van der Waals surface area contributed by atoms with E-state index in [1.54, 1.807) is 0 Å². The third-order valence-electron chi connectivity index (χ3n) is 12.5. The summed E-state index contributed by atoms with van der Waals surface area (Å²) in [4.78, 5) is 2.41. The molecule has 0 unspecified atom stereocenters. The molecule has 0 amide bonds. The van der Waals surface area contributed by atoms with Crippen LogP contribution in [0.5, 0.6) is 0 Å². The molecule has 0 aliphatic rings. The maximum Gasteiger partial charge on any atom is 0.159 e. The first-order chi connectivity index (χ1) is 30.8. The lowest BCUT2D eigenvalue weighted by molar-refractivity contribution is 0.669. The van der Waals surface area contributed by atoms with Gasteiger partial charge in [-0.3, -0.25) is 0 Å². The van der Waals surface area contributed by atoms with Crippen molar-refractivity contribution >= 4 is 93.5 Å². The average Bonchev–Trinajstić information content (AvgIpc) is 4.03. The average molecular weight is 793 g/mol. The highest BCUT2D eigenvalue weighted by Gasteiger charge is 2.27. The molecule has 10 aromatic carbocycles. The number of aromatic nitrogens is 1. The van der Waals surface area contributed by atoms with Gasteiger partial charge in [-0.1, -0.05) is 146 Å². The van der Waals surface area contributed by atoms with E-state index in [0.29, 0.717) is 0 Å². The molecular weight excluding hydrogens is 757 g/mol. The first kappa shape index (κ1) is 34.5. The minimum absolute atomic E-state index is 0.828. The molecule has 0 saturated carbocycles. The van der Waals surface area contributed by atoms with Crippen molar-refractivity contribution in [3.8, 4) is 27.9 Å². The Kier molecular flexibility index (Phi) is 7.57. The molecule has 3 heterocycles. The number of para-hydroxylation sites is 3. The van der Waals surface area contributed by atoms with E-state index in [2.05, 4.69) is 216 Å². The fourth-order valence-electron chi connectivity index (χ4n) is 9.79. The third kappa shape index (κ3) is 5.20. The van der Waals surface area contributed by atoms with E-state index < -0.39 is 0 Å². The summed E-state index contributed by atoms with van der Waals surface area (Å²) in [5, 5.41) is 8.84. The molecule has 0 aliphatic heterocycles. The molecular formula is C58H36N2O2. The summed E-state index contributed by atoms with van der Waals surface area (Å²) in [5.41, 5.74) is 14.4. The van der Waals surface area contributed by atoms with Crippen molar-refractivity contribution in [1.29, 1.82) is 0 Å². The van der Waals surface area contributed by atoms with Gasteiger partial charge in [-0.25, -0.2) is 0 Å². The lowest BCUT2D eigenvalue weighted by atomic mass is 9.95. The van der Waals surface area contributed by atoms with Crippen LogP contribution in [0.25, 0.3) is 104 Å². The second-order valence-electron chi connectivity index (χ2n) is 16.0. The molecule has 0 spiro atoms. The Morgan fingerprint density at radius 1 is 0.371 bits per heavy atom. The Labute approximate surface area is 356 Å². The van der Waals surface area contributed by atoms with Gasteiger partial charge < -0.3 is 18.3 Å². The Balaban J connectivity index is 1.19. The monoisotopic (exact) mass is 792 g/mol. The zero-order chi connectivity index (χ0) is 40.7. The molecule has 290 valence electrons. The lowest BCUT2D eigenvalue weighted by Gasteiger charge is -2.26. The van der Waals surface area contributed by atoms with Crippen molar-refractivity contribution < 1.29 is 8.83 Å². The summed E-state index contributed by atoms with van der Waals surface area (Å²) in [5.74, 6) is 0. The van der Waals surface area contributed by atoms with Crippen LogP contribution in [0.2, 0.25) is 0 Å².